The number of nitrogens with one attached hydrogen (secondary N) is 1. The van der Waals surface area contributed by atoms with Crippen molar-refractivity contribution in [2.24, 2.45) is 5.92 Å². The molecule has 2 rings (SSSR count). The van der Waals surface area contributed by atoms with Crippen LogP contribution in [0.3, 0.4) is 0 Å². The lowest BCUT2D eigenvalue weighted by molar-refractivity contribution is 0.244. The standard InChI is InChI=1S/C17H32N4/c1-5-15(4)21-10-7-16(19-21)12-20-9-6-8-18-17(13-20)11-14(2)3/h7,10,14-15,17-18H,5-6,8-9,11-13H2,1-4H3. The van der Waals surface area contributed by atoms with Gasteiger partial charge in [0.05, 0.1) is 5.69 Å². The maximum atomic E-state index is 4.75. The molecule has 2 heterocycles. The second-order valence-corrected chi connectivity index (χ2v) is 6.91. The van der Waals surface area contributed by atoms with Gasteiger partial charge in [-0.3, -0.25) is 9.58 Å². The number of rotatable bonds is 6. The van der Waals surface area contributed by atoms with Gasteiger partial charge in [-0.2, -0.15) is 5.10 Å². The SMILES string of the molecule is CCC(C)n1ccc(CN2CCCNC(CC(C)C)C2)n1. The Morgan fingerprint density at radius 3 is 2.90 bits per heavy atom. The zero-order valence-corrected chi connectivity index (χ0v) is 14.2. The lowest BCUT2D eigenvalue weighted by atomic mass is 10.0. The Morgan fingerprint density at radius 2 is 2.19 bits per heavy atom. The fraction of sp³-hybridized carbons (Fsp3) is 0.824. The topological polar surface area (TPSA) is 33.1 Å². The van der Waals surface area contributed by atoms with Crippen LogP contribution in [-0.2, 0) is 6.54 Å². The Kier molecular flexibility index (Phi) is 6.24. The molecule has 2 unspecified atom stereocenters. The highest BCUT2D eigenvalue weighted by Gasteiger charge is 2.19. The molecule has 0 aromatic carbocycles. The van der Waals surface area contributed by atoms with Gasteiger partial charge in [0.2, 0.25) is 0 Å². The third-order valence-corrected chi connectivity index (χ3v) is 4.41. The zero-order valence-electron chi connectivity index (χ0n) is 14.2. The Labute approximate surface area is 129 Å². The zero-order chi connectivity index (χ0) is 15.2. The predicted octanol–water partition coefficient (Wildman–Crippen LogP) is 3.06. The summed E-state index contributed by atoms with van der Waals surface area (Å²) in [5.41, 5.74) is 1.21. The highest BCUT2D eigenvalue weighted by molar-refractivity contribution is 5.00. The Bertz CT molecular complexity index is 413. The van der Waals surface area contributed by atoms with Crippen LogP contribution >= 0.6 is 0 Å². The van der Waals surface area contributed by atoms with E-state index in [1.54, 1.807) is 0 Å². The van der Waals surface area contributed by atoms with Gasteiger partial charge in [-0.15, -0.1) is 0 Å². The quantitative estimate of drug-likeness (QED) is 0.875. The third-order valence-electron chi connectivity index (χ3n) is 4.41. The summed E-state index contributed by atoms with van der Waals surface area (Å²) in [6.07, 6.45) is 5.76. The fourth-order valence-corrected chi connectivity index (χ4v) is 3.07. The van der Waals surface area contributed by atoms with Crippen LogP contribution in [0.2, 0.25) is 0 Å². The third kappa shape index (κ3) is 5.11. The summed E-state index contributed by atoms with van der Waals surface area (Å²) in [5, 5.41) is 8.44. The van der Waals surface area contributed by atoms with Crippen LogP contribution in [0.5, 0.6) is 0 Å². The van der Waals surface area contributed by atoms with Gasteiger partial charge in [-0.25, -0.2) is 0 Å². The van der Waals surface area contributed by atoms with Crippen LogP contribution in [0.4, 0.5) is 0 Å². The average Bonchev–Trinajstić information content (AvgIpc) is 2.79. The predicted molar refractivity (Wildman–Crippen MR) is 88.4 cm³/mol. The van der Waals surface area contributed by atoms with Crippen molar-refractivity contribution in [1.82, 2.24) is 20.0 Å². The van der Waals surface area contributed by atoms with Gasteiger partial charge in [0.25, 0.3) is 0 Å². The van der Waals surface area contributed by atoms with Gasteiger partial charge in [-0.1, -0.05) is 20.8 Å². The number of nitrogens with zero attached hydrogens (tertiary/aromatic N) is 3. The van der Waals surface area contributed by atoms with E-state index in [0.29, 0.717) is 12.1 Å². The average molecular weight is 292 g/mol. The van der Waals surface area contributed by atoms with Crippen molar-refractivity contribution < 1.29 is 0 Å². The van der Waals surface area contributed by atoms with Gasteiger partial charge in [-0.05, 0) is 51.3 Å². The van der Waals surface area contributed by atoms with Crippen LogP contribution in [-0.4, -0.2) is 40.4 Å². The minimum absolute atomic E-state index is 0.498. The minimum atomic E-state index is 0.498. The number of aromatic nitrogens is 2. The van der Waals surface area contributed by atoms with Crippen LogP contribution in [0.25, 0.3) is 0 Å². The fourth-order valence-electron chi connectivity index (χ4n) is 3.07. The molecular weight excluding hydrogens is 260 g/mol. The minimum Gasteiger partial charge on any atom is -0.313 e. The highest BCUT2D eigenvalue weighted by Crippen LogP contribution is 2.14. The summed E-state index contributed by atoms with van der Waals surface area (Å²) < 4.78 is 2.11. The van der Waals surface area contributed by atoms with Crippen molar-refractivity contribution in [3.63, 3.8) is 0 Å². The monoisotopic (exact) mass is 292 g/mol. The lowest BCUT2D eigenvalue weighted by Gasteiger charge is -2.24. The molecule has 0 spiro atoms. The van der Waals surface area contributed by atoms with E-state index in [-0.39, 0.29) is 0 Å². The summed E-state index contributed by atoms with van der Waals surface area (Å²) in [6, 6.07) is 3.31. The van der Waals surface area contributed by atoms with E-state index in [9.17, 15) is 0 Å². The number of hydrogen-bond acceptors (Lipinski definition) is 3. The molecule has 0 amide bonds. The Hall–Kier alpha value is -0.870. The van der Waals surface area contributed by atoms with Crippen molar-refractivity contribution in [2.45, 2.75) is 65.6 Å². The van der Waals surface area contributed by atoms with E-state index in [2.05, 4.69) is 54.9 Å². The first-order valence-electron chi connectivity index (χ1n) is 8.58. The van der Waals surface area contributed by atoms with Crippen molar-refractivity contribution >= 4 is 0 Å². The van der Waals surface area contributed by atoms with E-state index in [4.69, 9.17) is 5.10 Å². The van der Waals surface area contributed by atoms with Gasteiger partial charge in [0, 0.05) is 31.4 Å². The molecule has 0 bridgehead atoms. The van der Waals surface area contributed by atoms with Crippen LogP contribution in [0.1, 0.15) is 58.7 Å². The molecular formula is C17H32N4. The van der Waals surface area contributed by atoms with E-state index in [1.165, 1.54) is 25.1 Å². The van der Waals surface area contributed by atoms with Crippen molar-refractivity contribution in [2.75, 3.05) is 19.6 Å². The van der Waals surface area contributed by atoms with Crippen molar-refractivity contribution in [3.05, 3.63) is 18.0 Å². The van der Waals surface area contributed by atoms with Crippen LogP contribution < -0.4 is 5.32 Å². The van der Waals surface area contributed by atoms with Gasteiger partial charge in [0.1, 0.15) is 0 Å². The van der Waals surface area contributed by atoms with Crippen LogP contribution in [0, 0.1) is 5.92 Å². The molecule has 0 radical (unpaired) electrons. The molecule has 1 aromatic heterocycles. The molecule has 1 saturated heterocycles. The first kappa shape index (κ1) is 16.5. The van der Waals surface area contributed by atoms with Crippen molar-refractivity contribution in [3.8, 4) is 0 Å². The van der Waals surface area contributed by atoms with Crippen molar-refractivity contribution in [1.29, 1.82) is 0 Å². The molecule has 0 saturated carbocycles. The summed E-state index contributed by atoms with van der Waals surface area (Å²) in [7, 11) is 0. The smallest absolute Gasteiger partial charge is 0.0764 e. The second-order valence-electron chi connectivity index (χ2n) is 6.91. The van der Waals surface area contributed by atoms with Crippen LogP contribution in [0.15, 0.2) is 12.3 Å². The number of hydrogen-bond donors (Lipinski definition) is 1. The molecule has 120 valence electrons. The van der Waals surface area contributed by atoms with Gasteiger partial charge < -0.3 is 5.32 Å². The van der Waals surface area contributed by atoms with E-state index < -0.39 is 0 Å². The maximum Gasteiger partial charge on any atom is 0.0764 e. The highest BCUT2D eigenvalue weighted by atomic mass is 15.3. The maximum absolute atomic E-state index is 4.75. The molecule has 21 heavy (non-hydrogen) atoms. The Balaban J connectivity index is 1.92. The molecule has 4 nitrogen and oxygen atoms in total. The van der Waals surface area contributed by atoms with E-state index >= 15 is 0 Å². The summed E-state index contributed by atoms with van der Waals surface area (Å²) in [4.78, 5) is 2.57. The summed E-state index contributed by atoms with van der Waals surface area (Å²) in [5.74, 6) is 0.757. The van der Waals surface area contributed by atoms with Gasteiger partial charge in [0.15, 0.2) is 0 Å². The Morgan fingerprint density at radius 1 is 1.38 bits per heavy atom. The molecule has 1 aliphatic heterocycles. The van der Waals surface area contributed by atoms with E-state index in [1.807, 2.05) is 0 Å². The first-order valence-corrected chi connectivity index (χ1v) is 8.58. The molecule has 1 fully saturated rings. The molecule has 4 heteroatoms. The molecule has 1 aromatic rings. The molecule has 2 atom stereocenters. The van der Waals surface area contributed by atoms with E-state index in [0.717, 1.165) is 32.0 Å². The molecule has 1 aliphatic rings. The molecule has 1 N–H and O–H groups in total. The summed E-state index contributed by atoms with van der Waals surface area (Å²) >= 11 is 0. The lowest BCUT2D eigenvalue weighted by Crippen LogP contribution is -2.38. The summed E-state index contributed by atoms with van der Waals surface area (Å²) in [6.45, 7) is 13.5. The normalized spacial score (nSPS) is 22.4. The van der Waals surface area contributed by atoms with Gasteiger partial charge >= 0.3 is 0 Å². The second kappa shape index (κ2) is 7.95. The first-order chi connectivity index (χ1) is 10.1. The molecule has 0 aliphatic carbocycles. The largest absolute Gasteiger partial charge is 0.313 e.